The third-order valence-electron chi connectivity index (χ3n) is 2.48. The van der Waals surface area contributed by atoms with Crippen molar-refractivity contribution in [1.29, 1.82) is 0 Å². The van der Waals surface area contributed by atoms with E-state index in [1.807, 2.05) is 26.2 Å². The molecule has 0 aliphatic rings. The van der Waals surface area contributed by atoms with Crippen molar-refractivity contribution in [3.63, 3.8) is 0 Å². The Morgan fingerprint density at radius 1 is 1.47 bits per heavy atom. The average molecular weight is 266 g/mol. The quantitative estimate of drug-likeness (QED) is 0.836. The Labute approximate surface area is 97.3 Å². The summed E-state index contributed by atoms with van der Waals surface area (Å²) in [4.78, 5) is 8.47. The number of aryl methyl sites for hydroxylation is 1. The number of hydrogen-bond donors (Lipinski definition) is 0. The Kier molecular flexibility index (Phi) is 2.86. The molecule has 0 radical (unpaired) electrons. The van der Waals surface area contributed by atoms with Crippen LogP contribution in [0.4, 0.5) is 0 Å². The van der Waals surface area contributed by atoms with Gasteiger partial charge in [0, 0.05) is 25.9 Å². The zero-order valence-electron chi connectivity index (χ0n) is 8.74. The minimum absolute atomic E-state index is 0.853. The Balaban J connectivity index is 2.32. The molecule has 0 aliphatic carbocycles. The van der Waals surface area contributed by atoms with Gasteiger partial charge in [-0.3, -0.25) is 4.98 Å². The van der Waals surface area contributed by atoms with Gasteiger partial charge in [0.2, 0.25) is 0 Å². The van der Waals surface area contributed by atoms with E-state index in [9.17, 15) is 0 Å². The van der Waals surface area contributed by atoms with Crippen LogP contribution in [0.2, 0.25) is 0 Å². The number of nitrogens with zero attached hydrogens (tertiary/aromatic N) is 3. The van der Waals surface area contributed by atoms with Crippen LogP contribution >= 0.6 is 15.9 Å². The standard InChI is InChI=1S/C11H12BrN3/c1-8-14-11(12)10(15(8)2)6-9-4-3-5-13-7-9/h3-5,7H,6H2,1-2H3. The molecule has 0 unspecified atom stereocenters. The second-order valence-corrected chi connectivity index (χ2v) is 4.24. The van der Waals surface area contributed by atoms with E-state index < -0.39 is 0 Å². The van der Waals surface area contributed by atoms with Crippen LogP contribution in [-0.4, -0.2) is 14.5 Å². The Morgan fingerprint density at radius 2 is 2.27 bits per heavy atom. The van der Waals surface area contributed by atoms with Gasteiger partial charge in [-0.05, 0) is 34.5 Å². The summed E-state index contributed by atoms with van der Waals surface area (Å²) in [5.74, 6) is 1.01. The predicted molar refractivity (Wildman–Crippen MR) is 62.7 cm³/mol. The molecular formula is C11H12BrN3. The summed E-state index contributed by atoms with van der Waals surface area (Å²) in [6, 6.07) is 4.02. The Bertz CT molecular complexity index is 462. The fourth-order valence-corrected chi connectivity index (χ4v) is 2.17. The van der Waals surface area contributed by atoms with Crippen molar-refractivity contribution in [1.82, 2.24) is 14.5 Å². The maximum atomic E-state index is 4.37. The van der Waals surface area contributed by atoms with Crippen molar-refractivity contribution < 1.29 is 0 Å². The third kappa shape index (κ3) is 2.09. The highest BCUT2D eigenvalue weighted by molar-refractivity contribution is 9.10. The lowest BCUT2D eigenvalue weighted by Gasteiger charge is -2.03. The van der Waals surface area contributed by atoms with Gasteiger partial charge in [-0.1, -0.05) is 6.07 Å². The van der Waals surface area contributed by atoms with Crippen LogP contribution in [0.5, 0.6) is 0 Å². The zero-order chi connectivity index (χ0) is 10.8. The first kappa shape index (κ1) is 10.4. The Morgan fingerprint density at radius 3 is 2.80 bits per heavy atom. The maximum Gasteiger partial charge on any atom is 0.127 e. The van der Waals surface area contributed by atoms with Gasteiger partial charge in [0.25, 0.3) is 0 Å². The van der Waals surface area contributed by atoms with Gasteiger partial charge in [0.05, 0.1) is 5.69 Å². The molecule has 3 nitrogen and oxygen atoms in total. The van der Waals surface area contributed by atoms with Crippen molar-refractivity contribution in [2.75, 3.05) is 0 Å². The molecule has 0 spiro atoms. The van der Waals surface area contributed by atoms with E-state index in [2.05, 4.69) is 36.5 Å². The number of aromatic nitrogens is 3. The van der Waals surface area contributed by atoms with Gasteiger partial charge >= 0.3 is 0 Å². The van der Waals surface area contributed by atoms with Crippen LogP contribution in [0, 0.1) is 6.92 Å². The minimum Gasteiger partial charge on any atom is -0.334 e. The second-order valence-electron chi connectivity index (χ2n) is 3.49. The Hall–Kier alpha value is -1.16. The molecule has 0 saturated carbocycles. The van der Waals surface area contributed by atoms with Crippen LogP contribution < -0.4 is 0 Å². The molecule has 0 aromatic carbocycles. The summed E-state index contributed by atoms with van der Waals surface area (Å²) in [6.45, 7) is 2.00. The largest absolute Gasteiger partial charge is 0.334 e. The molecule has 15 heavy (non-hydrogen) atoms. The summed E-state index contributed by atoms with van der Waals surface area (Å²) >= 11 is 3.47. The lowest BCUT2D eigenvalue weighted by molar-refractivity contribution is 0.804. The number of rotatable bonds is 2. The molecule has 2 aromatic heterocycles. The molecule has 0 atom stereocenters. The summed E-state index contributed by atoms with van der Waals surface area (Å²) in [5.41, 5.74) is 2.38. The van der Waals surface area contributed by atoms with E-state index in [0.29, 0.717) is 0 Å². The van der Waals surface area contributed by atoms with Gasteiger partial charge in [-0.15, -0.1) is 0 Å². The van der Waals surface area contributed by atoms with Crippen molar-refractivity contribution in [3.05, 3.63) is 46.2 Å². The first-order chi connectivity index (χ1) is 7.18. The van der Waals surface area contributed by atoms with Gasteiger partial charge in [-0.25, -0.2) is 4.98 Å². The van der Waals surface area contributed by atoms with Crippen molar-refractivity contribution in [2.45, 2.75) is 13.3 Å². The van der Waals surface area contributed by atoms with E-state index in [4.69, 9.17) is 0 Å². The van der Waals surface area contributed by atoms with E-state index in [1.165, 1.54) is 11.3 Å². The molecule has 0 aliphatic heterocycles. The summed E-state index contributed by atoms with van der Waals surface area (Å²) in [7, 11) is 2.03. The van der Waals surface area contributed by atoms with Gasteiger partial charge in [0.15, 0.2) is 0 Å². The highest BCUT2D eigenvalue weighted by Gasteiger charge is 2.09. The zero-order valence-corrected chi connectivity index (χ0v) is 10.3. The molecule has 0 saturated heterocycles. The molecule has 78 valence electrons. The van der Waals surface area contributed by atoms with Gasteiger partial charge in [0.1, 0.15) is 10.4 Å². The van der Waals surface area contributed by atoms with E-state index >= 15 is 0 Å². The highest BCUT2D eigenvalue weighted by atomic mass is 79.9. The fourth-order valence-electron chi connectivity index (χ4n) is 1.50. The normalized spacial score (nSPS) is 10.6. The predicted octanol–water partition coefficient (Wildman–Crippen LogP) is 2.48. The summed E-state index contributed by atoms with van der Waals surface area (Å²) in [5, 5.41) is 0. The lowest BCUT2D eigenvalue weighted by atomic mass is 10.2. The number of hydrogen-bond acceptors (Lipinski definition) is 2. The molecule has 0 fully saturated rings. The monoisotopic (exact) mass is 265 g/mol. The smallest absolute Gasteiger partial charge is 0.127 e. The number of halogens is 1. The van der Waals surface area contributed by atoms with Crippen molar-refractivity contribution in [2.24, 2.45) is 7.05 Å². The van der Waals surface area contributed by atoms with Crippen molar-refractivity contribution in [3.8, 4) is 0 Å². The van der Waals surface area contributed by atoms with E-state index in [-0.39, 0.29) is 0 Å². The van der Waals surface area contributed by atoms with Gasteiger partial charge < -0.3 is 4.57 Å². The number of imidazole rings is 1. The van der Waals surface area contributed by atoms with Crippen LogP contribution in [0.1, 0.15) is 17.1 Å². The molecule has 2 rings (SSSR count). The lowest BCUT2D eigenvalue weighted by Crippen LogP contribution is -2.00. The average Bonchev–Trinajstić information content (AvgIpc) is 2.47. The first-order valence-electron chi connectivity index (χ1n) is 4.75. The molecular weight excluding hydrogens is 254 g/mol. The summed E-state index contributed by atoms with van der Waals surface area (Å²) < 4.78 is 3.02. The second kappa shape index (κ2) is 4.14. The highest BCUT2D eigenvalue weighted by Crippen LogP contribution is 2.19. The van der Waals surface area contributed by atoms with Crippen LogP contribution in [0.3, 0.4) is 0 Å². The fraction of sp³-hybridized carbons (Fsp3) is 0.273. The molecule has 0 bridgehead atoms. The molecule has 0 N–H and O–H groups in total. The molecule has 0 amide bonds. The molecule has 2 aromatic rings. The SMILES string of the molecule is Cc1nc(Br)c(Cc2cccnc2)n1C. The van der Waals surface area contributed by atoms with E-state index in [0.717, 1.165) is 16.8 Å². The van der Waals surface area contributed by atoms with Crippen LogP contribution in [0.15, 0.2) is 29.1 Å². The minimum atomic E-state index is 0.853. The van der Waals surface area contributed by atoms with Crippen LogP contribution in [0.25, 0.3) is 0 Å². The van der Waals surface area contributed by atoms with Gasteiger partial charge in [-0.2, -0.15) is 0 Å². The first-order valence-corrected chi connectivity index (χ1v) is 5.54. The molecule has 2 heterocycles. The maximum absolute atomic E-state index is 4.37. The van der Waals surface area contributed by atoms with Crippen molar-refractivity contribution >= 4 is 15.9 Å². The van der Waals surface area contributed by atoms with Crippen LogP contribution in [-0.2, 0) is 13.5 Å². The van der Waals surface area contributed by atoms with E-state index in [1.54, 1.807) is 6.20 Å². The summed E-state index contributed by atoms with van der Waals surface area (Å²) in [6.07, 6.45) is 4.52. The topological polar surface area (TPSA) is 30.7 Å². The molecule has 4 heteroatoms. The number of pyridine rings is 1. The third-order valence-corrected chi connectivity index (χ3v) is 3.12.